The molecule has 1 aromatic carbocycles. The smallest absolute Gasteiger partial charge is 0.277 e. The second-order valence-electron chi connectivity index (χ2n) is 6.50. The summed E-state index contributed by atoms with van der Waals surface area (Å²) in [5, 5.41) is 12.5. The summed E-state index contributed by atoms with van der Waals surface area (Å²) in [5.74, 6) is 3.30. The van der Waals surface area contributed by atoms with Crippen LogP contribution in [0.1, 0.15) is 32.5 Å². The first-order valence-electron chi connectivity index (χ1n) is 7.92. The van der Waals surface area contributed by atoms with Crippen LogP contribution < -0.4 is 9.47 Å². The Bertz CT molecular complexity index is 885. The third-order valence-electron chi connectivity index (χ3n) is 3.47. The van der Waals surface area contributed by atoms with Crippen LogP contribution in [0.3, 0.4) is 0 Å². The summed E-state index contributed by atoms with van der Waals surface area (Å²) < 4.78 is 21.5. The van der Waals surface area contributed by atoms with Crippen LogP contribution in [0.4, 0.5) is 0 Å². The predicted octanol–water partition coefficient (Wildman–Crippen LogP) is 3.73. The van der Waals surface area contributed by atoms with Crippen molar-refractivity contribution in [2.45, 2.75) is 37.2 Å². The first-order valence-corrected chi connectivity index (χ1v) is 8.91. The van der Waals surface area contributed by atoms with Gasteiger partial charge in [0.1, 0.15) is 0 Å². The fourth-order valence-corrected chi connectivity index (χ4v) is 2.70. The molecule has 2 aromatic heterocycles. The lowest BCUT2D eigenvalue weighted by Gasteiger charge is -2.10. The fraction of sp³-hybridized carbons (Fsp3) is 0.412. The lowest BCUT2D eigenvalue weighted by Crippen LogP contribution is -2.11. The molecule has 0 aliphatic carbocycles. The molecule has 0 bridgehead atoms. The van der Waals surface area contributed by atoms with Crippen molar-refractivity contribution in [3.05, 3.63) is 29.9 Å². The molecule has 0 aliphatic heterocycles. The molecule has 138 valence electrons. The van der Waals surface area contributed by atoms with Crippen LogP contribution in [0.5, 0.6) is 11.5 Å². The molecular formula is C17H20N4O4S. The molecule has 0 radical (unpaired) electrons. The number of methoxy groups -OCH3 is 2. The van der Waals surface area contributed by atoms with Crippen LogP contribution in [0.2, 0.25) is 0 Å². The average Bonchev–Trinajstić information content (AvgIpc) is 3.28. The lowest BCUT2D eigenvalue weighted by molar-refractivity contribution is 0.319. The van der Waals surface area contributed by atoms with E-state index in [0.29, 0.717) is 40.1 Å². The van der Waals surface area contributed by atoms with Gasteiger partial charge in [0, 0.05) is 11.0 Å². The second kappa shape index (κ2) is 7.36. The van der Waals surface area contributed by atoms with Gasteiger partial charge < -0.3 is 18.4 Å². The summed E-state index contributed by atoms with van der Waals surface area (Å²) in [6.07, 6.45) is 0. The van der Waals surface area contributed by atoms with E-state index in [4.69, 9.17) is 18.4 Å². The molecule has 0 spiro atoms. The number of ether oxygens (including phenoxy) is 2. The highest BCUT2D eigenvalue weighted by atomic mass is 32.2. The molecule has 0 fully saturated rings. The topological polar surface area (TPSA) is 96.3 Å². The van der Waals surface area contributed by atoms with E-state index in [1.54, 1.807) is 26.4 Å². The second-order valence-corrected chi connectivity index (χ2v) is 7.42. The van der Waals surface area contributed by atoms with Gasteiger partial charge in [0.15, 0.2) is 17.3 Å². The highest BCUT2D eigenvalue weighted by Gasteiger charge is 2.22. The number of benzene rings is 1. The fourth-order valence-electron chi connectivity index (χ4n) is 2.10. The number of hydrogen-bond acceptors (Lipinski definition) is 9. The number of thioether (sulfide) groups is 1. The Morgan fingerprint density at radius 2 is 1.85 bits per heavy atom. The van der Waals surface area contributed by atoms with Gasteiger partial charge in [-0.3, -0.25) is 0 Å². The van der Waals surface area contributed by atoms with Crippen LogP contribution in [-0.4, -0.2) is 34.6 Å². The SMILES string of the molecule is COc1ccc(-c2nnc(SCc3noc(C(C)(C)C)n3)o2)cc1OC. The number of rotatable bonds is 6. The van der Waals surface area contributed by atoms with E-state index in [0.717, 1.165) is 5.56 Å². The molecule has 0 saturated carbocycles. The van der Waals surface area contributed by atoms with E-state index < -0.39 is 0 Å². The molecule has 8 nitrogen and oxygen atoms in total. The minimum atomic E-state index is -0.180. The molecule has 0 saturated heterocycles. The first kappa shape index (κ1) is 18.2. The molecule has 0 atom stereocenters. The van der Waals surface area contributed by atoms with E-state index in [1.165, 1.54) is 11.8 Å². The van der Waals surface area contributed by atoms with Gasteiger partial charge in [-0.1, -0.05) is 37.7 Å². The maximum absolute atomic E-state index is 5.70. The van der Waals surface area contributed by atoms with E-state index in [1.807, 2.05) is 26.8 Å². The Labute approximate surface area is 155 Å². The maximum atomic E-state index is 5.70. The number of nitrogens with zero attached hydrogens (tertiary/aromatic N) is 4. The normalized spacial score (nSPS) is 11.6. The van der Waals surface area contributed by atoms with Gasteiger partial charge in [-0.15, -0.1) is 10.2 Å². The summed E-state index contributed by atoms with van der Waals surface area (Å²) in [6.45, 7) is 6.06. The Kier molecular flexibility index (Phi) is 5.17. The molecule has 0 aliphatic rings. The largest absolute Gasteiger partial charge is 0.493 e. The monoisotopic (exact) mass is 376 g/mol. The lowest BCUT2D eigenvalue weighted by atomic mass is 9.97. The van der Waals surface area contributed by atoms with Crippen molar-refractivity contribution in [3.63, 3.8) is 0 Å². The van der Waals surface area contributed by atoms with E-state index in [-0.39, 0.29) is 5.41 Å². The molecule has 26 heavy (non-hydrogen) atoms. The molecule has 3 aromatic rings. The minimum Gasteiger partial charge on any atom is -0.493 e. The van der Waals surface area contributed by atoms with Gasteiger partial charge in [0.25, 0.3) is 5.22 Å². The van der Waals surface area contributed by atoms with Crippen LogP contribution in [0.15, 0.2) is 32.4 Å². The summed E-state index contributed by atoms with van der Waals surface area (Å²) in [6, 6.07) is 5.41. The Hall–Kier alpha value is -2.55. The van der Waals surface area contributed by atoms with Gasteiger partial charge in [-0.05, 0) is 18.2 Å². The van der Waals surface area contributed by atoms with Crippen molar-refractivity contribution >= 4 is 11.8 Å². The van der Waals surface area contributed by atoms with Crippen LogP contribution in [-0.2, 0) is 11.2 Å². The Morgan fingerprint density at radius 1 is 1.08 bits per heavy atom. The van der Waals surface area contributed by atoms with Gasteiger partial charge in [-0.2, -0.15) is 4.98 Å². The summed E-state index contributed by atoms with van der Waals surface area (Å²) in [5.41, 5.74) is 0.567. The standard InChI is InChI=1S/C17H20N4O4S/c1-17(2,3)15-18-13(21-25-15)9-26-16-20-19-14(24-16)10-6-7-11(22-4)12(8-10)23-5/h6-8H,9H2,1-5H3. The Morgan fingerprint density at radius 3 is 2.50 bits per heavy atom. The predicted molar refractivity (Wildman–Crippen MR) is 95.4 cm³/mol. The molecule has 0 unspecified atom stereocenters. The van der Waals surface area contributed by atoms with Crippen LogP contribution in [0, 0.1) is 0 Å². The van der Waals surface area contributed by atoms with Gasteiger partial charge in [0.2, 0.25) is 11.8 Å². The highest BCUT2D eigenvalue weighted by Crippen LogP contribution is 2.33. The summed E-state index contributed by atoms with van der Waals surface area (Å²) in [7, 11) is 3.16. The molecule has 0 amide bonds. The maximum Gasteiger partial charge on any atom is 0.277 e. The third-order valence-corrected chi connectivity index (χ3v) is 4.29. The van der Waals surface area contributed by atoms with Gasteiger partial charge >= 0.3 is 0 Å². The van der Waals surface area contributed by atoms with Crippen molar-refractivity contribution in [2.75, 3.05) is 14.2 Å². The molecular weight excluding hydrogens is 356 g/mol. The van der Waals surface area contributed by atoms with Crippen LogP contribution in [0.25, 0.3) is 11.5 Å². The van der Waals surface area contributed by atoms with Gasteiger partial charge in [-0.25, -0.2) is 0 Å². The van der Waals surface area contributed by atoms with Crippen molar-refractivity contribution in [2.24, 2.45) is 0 Å². The molecule has 3 rings (SSSR count). The van der Waals surface area contributed by atoms with Crippen molar-refractivity contribution in [1.29, 1.82) is 0 Å². The zero-order valence-electron chi connectivity index (χ0n) is 15.3. The number of aromatic nitrogens is 4. The van der Waals surface area contributed by atoms with Crippen LogP contribution >= 0.6 is 11.8 Å². The number of hydrogen-bond donors (Lipinski definition) is 0. The zero-order valence-corrected chi connectivity index (χ0v) is 16.1. The molecule has 9 heteroatoms. The Balaban J connectivity index is 1.69. The average molecular weight is 376 g/mol. The van der Waals surface area contributed by atoms with E-state index in [2.05, 4.69) is 20.3 Å². The molecule has 2 heterocycles. The zero-order chi connectivity index (χ0) is 18.7. The quantitative estimate of drug-likeness (QED) is 0.596. The highest BCUT2D eigenvalue weighted by molar-refractivity contribution is 7.98. The summed E-state index contributed by atoms with van der Waals surface area (Å²) in [4.78, 5) is 4.38. The first-order chi connectivity index (χ1) is 12.4. The van der Waals surface area contributed by atoms with E-state index >= 15 is 0 Å². The van der Waals surface area contributed by atoms with Gasteiger partial charge in [0.05, 0.1) is 20.0 Å². The van der Waals surface area contributed by atoms with Crippen molar-refractivity contribution in [3.8, 4) is 23.0 Å². The van der Waals surface area contributed by atoms with E-state index in [9.17, 15) is 0 Å². The molecule has 0 N–H and O–H groups in total. The summed E-state index contributed by atoms with van der Waals surface area (Å²) >= 11 is 1.35. The third kappa shape index (κ3) is 3.98. The van der Waals surface area contributed by atoms with Crippen molar-refractivity contribution in [1.82, 2.24) is 20.3 Å². The minimum absolute atomic E-state index is 0.180. The van der Waals surface area contributed by atoms with Crippen molar-refractivity contribution < 1.29 is 18.4 Å².